The van der Waals surface area contributed by atoms with E-state index in [9.17, 15) is 4.79 Å². The lowest BCUT2D eigenvalue weighted by Gasteiger charge is -2.35. The molecular formula is C16H33Cl2N3O2. The highest BCUT2D eigenvalue weighted by Crippen LogP contribution is 2.20. The van der Waals surface area contributed by atoms with Gasteiger partial charge < -0.3 is 20.7 Å². The van der Waals surface area contributed by atoms with E-state index in [1.165, 1.54) is 6.42 Å². The number of rotatable bonds is 4. The number of nitrogens with one attached hydrogen (secondary N) is 1. The van der Waals surface area contributed by atoms with Gasteiger partial charge in [-0.2, -0.15) is 0 Å². The lowest BCUT2D eigenvalue weighted by molar-refractivity contribution is -0.125. The van der Waals surface area contributed by atoms with Crippen LogP contribution in [0.5, 0.6) is 0 Å². The molecule has 0 radical (unpaired) electrons. The maximum atomic E-state index is 12.2. The van der Waals surface area contributed by atoms with Crippen molar-refractivity contribution in [2.24, 2.45) is 17.1 Å². The summed E-state index contributed by atoms with van der Waals surface area (Å²) in [5.74, 6) is 0.690. The number of halogens is 2. The molecule has 3 N–H and O–H groups in total. The summed E-state index contributed by atoms with van der Waals surface area (Å²) < 4.78 is 5.43. The zero-order valence-electron chi connectivity index (χ0n) is 14.5. The molecule has 0 spiro atoms. The molecule has 23 heavy (non-hydrogen) atoms. The first-order valence-electron chi connectivity index (χ1n) is 8.22. The van der Waals surface area contributed by atoms with Crippen molar-refractivity contribution in [3.05, 3.63) is 0 Å². The number of nitrogens with two attached hydrogens (primary N) is 1. The summed E-state index contributed by atoms with van der Waals surface area (Å²) in [7, 11) is 0. The highest BCUT2D eigenvalue weighted by molar-refractivity contribution is 5.85. The maximum Gasteiger partial charge on any atom is 0.237 e. The number of carbonyl (C=O) groups is 1. The summed E-state index contributed by atoms with van der Waals surface area (Å²) in [5.41, 5.74) is 5.82. The molecule has 2 atom stereocenters. The van der Waals surface area contributed by atoms with Crippen molar-refractivity contribution in [2.75, 3.05) is 32.8 Å². The van der Waals surface area contributed by atoms with Crippen molar-refractivity contribution < 1.29 is 9.53 Å². The van der Waals surface area contributed by atoms with Crippen LogP contribution < -0.4 is 11.1 Å². The molecule has 1 amide bonds. The first kappa shape index (κ1) is 22.9. The second-order valence-electron chi connectivity index (χ2n) is 7.66. The molecule has 0 aromatic carbocycles. The third kappa shape index (κ3) is 7.14. The van der Waals surface area contributed by atoms with Crippen LogP contribution in [0.15, 0.2) is 0 Å². The lowest BCUT2D eigenvalue weighted by atomic mass is 9.86. The first-order valence-corrected chi connectivity index (χ1v) is 8.22. The molecule has 0 aromatic rings. The topological polar surface area (TPSA) is 67.6 Å². The first-order chi connectivity index (χ1) is 9.86. The summed E-state index contributed by atoms with van der Waals surface area (Å²) in [4.78, 5) is 14.7. The molecule has 2 aliphatic rings. The molecule has 2 rings (SSSR count). The number of ether oxygens (including phenoxy) is 1. The molecule has 2 heterocycles. The average molecular weight is 370 g/mol. The van der Waals surface area contributed by atoms with Crippen LogP contribution in [0.3, 0.4) is 0 Å². The van der Waals surface area contributed by atoms with Gasteiger partial charge in [-0.25, -0.2) is 0 Å². The number of hydrogen-bond acceptors (Lipinski definition) is 4. The van der Waals surface area contributed by atoms with Gasteiger partial charge in [0.1, 0.15) is 0 Å². The second-order valence-corrected chi connectivity index (χ2v) is 7.66. The highest BCUT2D eigenvalue weighted by atomic mass is 35.5. The molecule has 5 nitrogen and oxygen atoms in total. The van der Waals surface area contributed by atoms with Crippen LogP contribution in [0.1, 0.15) is 40.0 Å². The Morgan fingerprint density at radius 3 is 2.35 bits per heavy atom. The summed E-state index contributed by atoms with van der Waals surface area (Å²) in [6.07, 6.45) is 3.24. The summed E-state index contributed by atoms with van der Waals surface area (Å²) in [5, 5.41) is 3.12. The van der Waals surface area contributed by atoms with Gasteiger partial charge in [0.05, 0.1) is 12.6 Å². The van der Waals surface area contributed by atoms with Crippen LogP contribution >= 0.6 is 24.8 Å². The standard InChI is InChI=1S/C16H31N3O2.2ClH/c1-16(2,3)14(17)15(20)18-13-4-7-19(8-5-13)10-12-6-9-21-11-12;;/h12-14H,4-11,17H2,1-3H3,(H,18,20);2*1H/t12?,14-;;/m1../s1. The van der Waals surface area contributed by atoms with Crippen LogP contribution in [0, 0.1) is 11.3 Å². The monoisotopic (exact) mass is 369 g/mol. The summed E-state index contributed by atoms with van der Waals surface area (Å²) in [6.45, 7) is 11.1. The quantitative estimate of drug-likeness (QED) is 0.792. The van der Waals surface area contributed by atoms with Crippen LogP contribution in [-0.4, -0.2) is 55.7 Å². The smallest absolute Gasteiger partial charge is 0.237 e. The number of likely N-dealkylation sites (tertiary alicyclic amines) is 1. The Labute approximate surface area is 152 Å². The number of hydrogen-bond donors (Lipinski definition) is 2. The van der Waals surface area contributed by atoms with Gasteiger partial charge in [0.15, 0.2) is 0 Å². The van der Waals surface area contributed by atoms with E-state index in [2.05, 4.69) is 10.2 Å². The zero-order valence-corrected chi connectivity index (χ0v) is 16.2. The molecule has 7 heteroatoms. The van der Waals surface area contributed by atoms with Crippen LogP contribution in [0.4, 0.5) is 0 Å². The Balaban J connectivity index is 0.00000242. The van der Waals surface area contributed by atoms with E-state index >= 15 is 0 Å². The molecule has 138 valence electrons. The Morgan fingerprint density at radius 2 is 1.87 bits per heavy atom. The molecule has 2 fully saturated rings. The van der Waals surface area contributed by atoms with Gasteiger partial charge >= 0.3 is 0 Å². The number of piperidine rings is 1. The van der Waals surface area contributed by atoms with Gasteiger partial charge in [0, 0.05) is 32.3 Å². The Kier molecular flexibility index (Phi) is 10.0. The van der Waals surface area contributed by atoms with Crippen molar-refractivity contribution in [1.82, 2.24) is 10.2 Å². The van der Waals surface area contributed by atoms with E-state index in [1.807, 2.05) is 20.8 Å². The largest absolute Gasteiger partial charge is 0.381 e. The summed E-state index contributed by atoms with van der Waals surface area (Å²) in [6, 6.07) is -0.159. The van der Waals surface area contributed by atoms with Crippen molar-refractivity contribution >= 4 is 30.7 Å². The third-order valence-electron chi connectivity index (χ3n) is 4.69. The van der Waals surface area contributed by atoms with E-state index in [-0.39, 0.29) is 42.2 Å². The van der Waals surface area contributed by atoms with Gasteiger partial charge in [-0.05, 0) is 30.6 Å². The van der Waals surface area contributed by atoms with Gasteiger partial charge in [0.2, 0.25) is 5.91 Å². The van der Waals surface area contributed by atoms with Gasteiger partial charge in [-0.3, -0.25) is 4.79 Å². The van der Waals surface area contributed by atoms with Crippen LogP contribution in [0.25, 0.3) is 0 Å². The lowest BCUT2D eigenvalue weighted by Crippen LogP contribution is -2.53. The molecule has 2 saturated heterocycles. The average Bonchev–Trinajstić information content (AvgIpc) is 2.92. The number of amides is 1. The fraction of sp³-hybridized carbons (Fsp3) is 0.938. The van der Waals surface area contributed by atoms with Crippen LogP contribution in [0.2, 0.25) is 0 Å². The molecule has 0 aliphatic carbocycles. The van der Waals surface area contributed by atoms with Gasteiger partial charge in [-0.1, -0.05) is 20.8 Å². The van der Waals surface area contributed by atoms with E-state index in [0.29, 0.717) is 5.92 Å². The second kappa shape index (κ2) is 10.0. The molecule has 1 unspecified atom stereocenters. The maximum absolute atomic E-state index is 12.2. The molecule has 0 bridgehead atoms. The van der Waals surface area contributed by atoms with Crippen molar-refractivity contribution in [3.8, 4) is 0 Å². The van der Waals surface area contributed by atoms with Crippen molar-refractivity contribution in [2.45, 2.75) is 52.1 Å². The fourth-order valence-corrected chi connectivity index (χ4v) is 3.04. The fourth-order valence-electron chi connectivity index (χ4n) is 3.04. The van der Waals surface area contributed by atoms with E-state index in [4.69, 9.17) is 10.5 Å². The van der Waals surface area contributed by atoms with Crippen molar-refractivity contribution in [1.29, 1.82) is 0 Å². The minimum absolute atomic E-state index is 0. The SMILES string of the molecule is CC(C)(C)[C@H](N)C(=O)NC1CCN(CC2CCOC2)CC1.Cl.Cl. The Hall–Kier alpha value is -0.0700. The minimum Gasteiger partial charge on any atom is -0.381 e. The number of nitrogens with zero attached hydrogens (tertiary/aromatic N) is 1. The Bertz CT molecular complexity index is 350. The summed E-state index contributed by atoms with van der Waals surface area (Å²) >= 11 is 0. The highest BCUT2D eigenvalue weighted by Gasteiger charge is 2.30. The van der Waals surface area contributed by atoms with Crippen LogP contribution in [-0.2, 0) is 9.53 Å². The third-order valence-corrected chi connectivity index (χ3v) is 4.69. The predicted molar refractivity (Wildman–Crippen MR) is 98.5 cm³/mol. The number of carbonyl (C=O) groups excluding carboxylic acids is 1. The van der Waals surface area contributed by atoms with E-state index < -0.39 is 6.04 Å². The molecule has 0 saturated carbocycles. The zero-order chi connectivity index (χ0) is 15.5. The predicted octanol–water partition coefficient (Wildman–Crippen LogP) is 1.82. The molecule has 2 aliphatic heterocycles. The molecule has 0 aromatic heterocycles. The normalized spacial score (nSPS) is 24.4. The van der Waals surface area contributed by atoms with Gasteiger partial charge in [0.25, 0.3) is 0 Å². The van der Waals surface area contributed by atoms with E-state index in [1.54, 1.807) is 0 Å². The Morgan fingerprint density at radius 1 is 1.26 bits per heavy atom. The van der Waals surface area contributed by atoms with Crippen molar-refractivity contribution in [3.63, 3.8) is 0 Å². The van der Waals surface area contributed by atoms with Gasteiger partial charge in [-0.15, -0.1) is 24.8 Å². The molecular weight excluding hydrogens is 337 g/mol. The van der Waals surface area contributed by atoms with E-state index in [0.717, 1.165) is 45.7 Å². The minimum atomic E-state index is -0.439.